The van der Waals surface area contributed by atoms with Crippen molar-refractivity contribution in [1.29, 1.82) is 0 Å². The van der Waals surface area contributed by atoms with E-state index in [4.69, 9.17) is 5.73 Å². The molecule has 1 aliphatic rings. The highest BCUT2D eigenvalue weighted by Crippen LogP contribution is 2.28. The number of nitrogens with one attached hydrogen (secondary N) is 1. The van der Waals surface area contributed by atoms with Gasteiger partial charge in [-0.05, 0) is 33.4 Å². The number of carbonyl (C=O) groups excluding carboxylic acids is 1. The highest BCUT2D eigenvalue weighted by Gasteiger charge is 2.53. The van der Waals surface area contributed by atoms with Crippen molar-refractivity contribution < 1.29 is 18.0 Å². The number of rotatable bonds is 3. The minimum Gasteiger partial charge on any atom is -0.353 e. The summed E-state index contributed by atoms with van der Waals surface area (Å²) in [6.07, 6.45) is -1.75. The largest absolute Gasteiger partial charge is 0.415 e. The standard InChI is InChI=1S/C11H20F3N3O/c1-10(15,11(12,13)14)9(18)16-7-8-5-3-4-6-17(8)2/h8H,3-7,15H2,1-2H3,(H,16,18). The Morgan fingerprint density at radius 1 is 1.44 bits per heavy atom. The van der Waals surface area contributed by atoms with Crippen LogP contribution in [0.5, 0.6) is 0 Å². The summed E-state index contributed by atoms with van der Waals surface area (Å²) in [5.41, 5.74) is 2.20. The molecule has 1 fully saturated rings. The molecule has 2 unspecified atom stereocenters. The second-order valence-electron chi connectivity index (χ2n) is 5.04. The molecule has 0 aliphatic carbocycles. The van der Waals surface area contributed by atoms with Crippen LogP contribution in [0.3, 0.4) is 0 Å². The summed E-state index contributed by atoms with van der Waals surface area (Å²) in [7, 11) is 1.90. The Bertz CT molecular complexity index is 304. The maximum absolute atomic E-state index is 12.5. The fourth-order valence-electron chi connectivity index (χ4n) is 1.92. The molecule has 4 nitrogen and oxygen atoms in total. The molecule has 1 amide bonds. The van der Waals surface area contributed by atoms with Gasteiger partial charge in [-0.1, -0.05) is 6.42 Å². The van der Waals surface area contributed by atoms with E-state index in [1.54, 1.807) is 0 Å². The molecule has 1 rings (SSSR count). The number of likely N-dealkylation sites (N-methyl/N-ethyl adjacent to an activating group) is 1. The quantitative estimate of drug-likeness (QED) is 0.797. The molecular formula is C11H20F3N3O. The monoisotopic (exact) mass is 267 g/mol. The van der Waals surface area contributed by atoms with Gasteiger partial charge in [0.05, 0.1) is 0 Å². The van der Waals surface area contributed by atoms with Crippen molar-refractivity contribution in [1.82, 2.24) is 10.2 Å². The van der Waals surface area contributed by atoms with Gasteiger partial charge in [-0.2, -0.15) is 13.2 Å². The van der Waals surface area contributed by atoms with Gasteiger partial charge >= 0.3 is 6.18 Å². The predicted octanol–water partition coefficient (Wildman–Crippen LogP) is 0.867. The van der Waals surface area contributed by atoms with Crippen molar-refractivity contribution in [3.63, 3.8) is 0 Å². The number of amides is 1. The highest BCUT2D eigenvalue weighted by molar-refractivity contribution is 5.86. The van der Waals surface area contributed by atoms with Crippen LogP contribution < -0.4 is 11.1 Å². The van der Waals surface area contributed by atoms with Crippen molar-refractivity contribution >= 4 is 5.91 Å². The van der Waals surface area contributed by atoms with Gasteiger partial charge in [-0.25, -0.2) is 0 Å². The Labute approximate surface area is 105 Å². The molecule has 0 bridgehead atoms. The Morgan fingerprint density at radius 2 is 2.06 bits per heavy atom. The number of halogens is 3. The predicted molar refractivity (Wildman–Crippen MR) is 61.9 cm³/mol. The molecule has 0 aromatic rings. The molecule has 1 saturated heterocycles. The van der Waals surface area contributed by atoms with Gasteiger partial charge in [-0.3, -0.25) is 4.79 Å². The molecular weight excluding hydrogens is 247 g/mol. The third-order valence-corrected chi connectivity index (χ3v) is 3.48. The van der Waals surface area contributed by atoms with E-state index in [2.05, 4.69) is 5.32 Å². The SMILES string of the molecule is CN1CCCCC1CNC(=O)C(C)(N)C(F)(F)F. The van der Waals surface area contributed by atoms with Gasteiger partial charge in [0.25, 0.3) is 0 Å². The van der Waals surface area contributed by atoms with Crippen LogP contribution in [0.1, 0.15) is 26.2 Å². The fraction of sp³-hybridized carbons (Fsp3) is 0.909. The molecule has 106 valence electrons. The Balaban J connectivity index is 2.50. The number of nitrogens with zero attached hydrogens (tertiary/aromatic N) is 1. The lowest BCUT2D eigenvalue weighted by atomic mass is 10.0. The Morgan fingerprint density at radius 3 is 2.56 bits per heavy atom. The molecule has 1 heterocycles. The van der Waals surface area contributed by atoms with Gasteiger partial charge < -0.3 is 16.0 Å². The Hall–Kier alpha value is -0.820. The average molecular weight is 267 g/mol. The number of nitrogens with two attached hydrogens (primary N) is 1. The zero-order valence-electron chi connectivity index (χ0n) is 10.7. The average Bonchev–Trinajstić information content (AvgIpc) is 2.26. The first kappa shape index (κ1) is 15.2. The molecule has 2 atom stereocenters. The molecule has 3 N–H and O–H groups in total. The first-order chi connectivity index (χ1) is 8.16. The van der Waals surface area contributed by atoms with Gasteiger partial charge in [0.15, 0.2) is 5.54 Å². The van der Waals surface area contributed by atoms with E-state index in [1.807, 2.05) is 11.9 Å². The highest BCUT2D eigenvalue weighted by atomic mass is 19.4. The van der Waals surface area contributed by atoms with Crippen molar-refractivity contribution in [3.8, 4) is 0 Å². The molecule has 0 aromatic carbocycles. The normalized spacial score (nSPS) is 25.6. The molecule has 0 radical (unpaired) electrons. The van der Waals surface area contributed by atoms with Crippen LogP contribution in [-0.4, -0.2) is 48.7 Å². The van der Waals surface area contributed by atoms with Crippen LogP contribution in [-0.2, 0) is 4.79 Å². The molecule has 1 aliphatic heterocycles. The lowest BCUT2D eigenvalue weighted by Crippen LogP contribution is -2.62. The van der Waals surface area contributed by atoms with Crippen LogP contribution in [0.15, 0.2) is 0 Å². The zero-order valence-corrected chi connectivity index (χ0v) is 10.7. The summed E-state index contributed by atoms with van der Waals surface area (Å²) in [6, 6.07) is 0.0896. The summed E-state index contributed by atoms with van der Waals surface area (Å²) in [5, 5.41) is 2.30. The van der Waals surface area contributed by atoms with E-state index in [9.17, 15) is 18.0 Å². The number of carbonyl (C=O) groups is 1. The van der Waals surface area contributed by atoms with Gasteiger partial charge in [0.1, 0.15) is 0 Å². The molecule has 0 spiro atoms. The maximum atomic E-state index is 12.5. The topological polar surface area (TPSA) is 58.4 Å². The minimum atomic E-state index is -4.74. The first-order valence-electron chi connectivity index (χ1n) is 6.00. The van der Waals surface area contributed by atoms with E-state index >= 15 is 0 Å². The van der Waals surface area contributed by atoms with E-state index in [0.717, 1.165) is 25.8 Å². The number of hydrogen-bond acceptors (Lipinski definition) is 3. The van der Waals surface area contributed by atoms with Crippen molar-refractivity contribution in [3.05, 3.63) is 0 Å². The lowest BCUT2D eigenvalue weighted by Gasteiger charge is -2.34. The van der Waals surface area contributed by atoms with Gasteiger partial charge in [0, 0.05) is 12.6 Å². The van der Waals surface area contributed by atoms with Gasteiger partial charge in [0.2, 0.25) is 5.91 Å². The third-order valence-electron chi connectivity index (χ3n) is 3.48. The smallest absolute Gasteiger partial charge is 0.353 e. The van der Waals surface area contributed by atoms with Gasteiger partial charge in [-0.15, -0.1) is 0 Å². The van der Waals surface area contributed by atoms with Crippen molar-refractivity contribution in [2.45, 2.75) is 43.9 Å². The molecule has 0 saturated carbocycles. The number of piperidine rings is 1. The van der Waals surface area contributed by atoms with Crippen LogP contribution in [0.25, 0.3) is 0 Å². The summed E-state index contributed by atoms with van der Waals surface area (Å²) < 4.78 is 37.6. The third kappa shape index (κ3) is 3.35. The summed E-state index contributed by atoms with van der Waals surface area (Å²) >= 11 is 0. The van der Waals surface area contributed by atoms with Crippen molar-refractivity contribution in [2.75, 3.05) is 20.1 Å². The second kappa shape index (κ2) is 5.44. The lowest BCUT2D eigenvalue weighted by molar-refractivity contribution is -0.187. The van der Waals surface area contributed by atoms with Crippen LogP contribution in [0, 0.1) is 0 Å². The summed E-state index contributed by atoms with van der Waals surface area (Å²) in [4.78, 5) is 13.5. The minimum absolute atomic E-state index is 0.0896. The first-order valence-corrected chi connectivity index (χ1v) is 6.00. The summed E-state index contributed by atoms with van der Waals surface area (Å²) in [6.45, 7) is 1.80. The number of hydrogen-bond donors (Lipinski definition) is 2. The van der Waals surface area contributed by atoms with Crippen LogP contribution in [0.2, 0.25) is 0 Å². The van der Waals surface area contributed by atoms with Crippen LogP contribution in [0.4, 0.5) is 13.2 Å². The van der Waals surface area contributed by atoms with Crippen molar-refractivity contribution in [2.24, 2.45) is 5.73 Å². The van der Waals surface area contributed by atoms with E-state index in [1.165, 1.54) is 0 Å². The maximum Gasteiger partial charge on any atom is 0.415 e. The second-order valence-corrected chi connectivity index (χ2v) is 5.04. The van der Waals surface area contributed by atoms with E-state index < -0.39 is 17.6 Å². The van der Waals surface area contributed by atoms with E-state index in [0.29, 0.717) is 6.92 Å². The molecule has 18 heavy (non-hydrogen) atoms. The van der Waals surface area contributed by atoms with Crippen LogP contribution >= 0.6 is 0 Å². The summed E-state index contributed by atoms with van der Waals surface area (Å²) in [5.74, 6) is -1.17. The molecule has 0 aromatic heterocycles. The zero-order chi connectivity index (χ0) is 14.0. The number of alkyl halides is 3. The Kier molecular flexibility index (Phi) is 4.61. The molecule has 7 heteroatoms. The number of likely N-dealkylation sites (tertiary alicyclic amines) is 1. The van der Waals surface area contributed by atoms with E-state index in [-0.39, 0.29) is 12.6 Å². The fourth-order valence-corrected chi connectivity index (χ4v) is 1.92.